The van der Waals surface area contributed by atoms with Crippen LogP contribution in [0.2, 0.25) is 0 Å². The largest absolute Gasteiger partial charge is 0.493 e. The molecule has 1 heterocycles. The topological polar surface area (TPSA) is 84.1 Å². The Labute approximate surface area is 202 Å². The van der Waals surface area contributed by atoms with E-state index in [0.29, 0.717) is 24.0 Å². The van der Waals surface area contributed by atoms with Crippen LogP contribution >= 0.6 is 24.0 Å². The van der Waals surface area contributed by atoms with Crippen LogP contribution in [-0.4, -0.2) is 59.7 Å². The standard InChI is InChI=1S/C22H35N5O3.HI/c1-7-23-22(26(4)14-18-15-27(5)25-21(18)16(2)3)24-13-17-8-9-19(30-11-10-28)20(12-17)29-6;/h8-9,12,15-16,28H,7,10-11,13-14H2,1-6H3,(H,23,24);1H. The van der Waals surface area contributed by atoms with Crippen LogP contribution < -0.4 is 14.8 Å². The molecular formula is C22H36IN5O3. The van der Waals surface area contributed by atoms with Crippen LogP contribution in [0.1, 0.15) is 43.5 Å². The highest BCUT2D eigenvalue weighted by atomic mass is 127. The van der Waals surface area contributed by atoms with Gasteiger partial charge in [0.2, 0.25) is 0 Å². The Bertz CT molecular complexity index is 839. The lowest BCUT2D eigenvalue weighted by molar-refractivity contribution is 0.196. The molecular weight excluding hydrogens is 509 g/mol. The van der Waals surface area contributed by atoms with Gasteiger partial charge in [-0.3, -0.25) is 4.68 Å². The molecule has 2 N–H and O–H groups in total. The van der Waals surface area contributed by atoms with E-state index in [-0.39, 0.29) is 37.2 Å². The molecule has 9 heteroatoms. The second-order valence-electron chi connectivity index (χ2n) is 7.45. The summed E-state index contributed by atoms with van der Waals surface area (Å²) in [5, 5.41) is 16.9. The first kappa shape index (κ1) is 27.0. The fourth-order valence-electron chi connectivity index (χ4n) is 3.21. The van der Waals surface area contributed by atoms with E-state index in [1.807, 2.05) is 37.0 Å². The van der Waals surface area contributed by atoms with Crippen molar-refractivity contribution in [2.75, 3.05) is 33.9 Å². The van der Waals surface area contributed by atoms with Gasteiger partial charge in [0.25, 0.3) is 0 Å². The predicted octanol–water partition coefficient (Wildman–Crippen LogP) is 3.14. The van der Waals surface area contributed by atoms with Crippen LogP contribution in [0.4, 0.5) is 0 Å². The summed E-state index contributed by atoms with van der Waals surface area (Å²) in [6, 6.07) is 5.72. The van der Waals surface area contributed by atoms with Crippen molar-refractivity contribution >= 4 is 29.9 Å². The molecule has 0 spiro atoms. The Morgan fingerprint density at radius 1 is 1.32 bits per heavy atom. The molecule has 0 aliphatic carbocycles. The number of hydrogen-bond donors (Lipinski definition) is 2. The Balaban J connectivity index is 0.00000480. The fourth-order valence-corrected chi connectivity index (χ4v) is 3.21. The van der Waals surface area contributed by atoms with E-state index in [2.05, 4.69) is 42.3 Å². The summed E-state index contributed by atoms with van der Waals surface area (Å²) in [4.78, 5) is 6.91. The molecule has 0 saturated carbocycles. The molecule has 2 aromatic rings. The van der Waals surface area contributed by atoms with Crippen molar-refractivity contribution in [1.82, 2.24) is 20.0 Å². The van der Waals surface area contributed by atoms with Gasteiger partial charge in [0.15, 0.2) is 17.5 Å². The third kappa shape index (κ3) is 7.88. The van der Waals surface area contributed by atoms with Gasteiger partial charge in [-0.1, -0.05) is 19.9 Å². The summed E-state index contributed by atoms with van der Waals surface area (Å²) < 4.78 is 12.8. The Morgan fingerprint density at radius 2 is 2.06 bits per heavy atom. The molecule has 0 saturated heterocycles. The van der Waals surface area contributed by atoms with Crippen LogP contribution in [0.25, 0.3) is 0 Å². The first-order valence-electron chi connectivity index (χ1n) is 10.3. The molecule has 31 heavy (non-hydrogen) atoms. The summed E-state index contributed by atoms with van der Waals surface area (Å²) in [7, 11) is 5.59. The van der Waals surface area contributed by atoms with E-state index in [0.717, 1.165) is 30.3 Å². The van der Waals surface area contributed by atoms with Crippen LogP contribution in [0.5, 0.6) is 11.5 Å². The van der Waals surface area contributed by atoms with Crippen LogP contribution in [-0.2, 0) is 20.1 Å². The van der Waals surface area contributed by atoms with E-state index >= 15 is 0 Å². The van der Waals surface area contributed by atoms with Crippen molar-refractivity contribution in [2.24, 2.45) is 12.0 Å². The lowest BCUT2D eigenvalue weighted by atomic mass is 10.1. The number of methoxy groups -OCH3 is 1. The smallest absolute Gasteiger partial charge is 0.194 e. The van der Waals surface area contributed by atoms with E-state index < -0.39 is 0 Å². The molecule has 8 nitrogen and oxygen atoms in total. The van der Waals surface area contributed by atoms with Gasteiger partial charge in [-0.25, -0.2) is 4.99 Å². The molecule has 1 aromatic heterocycles. The summed E-state index contributed by atoms with van der Waals surface area (Å²) in [5.74, 6) is 2.44. The van der Waals surface area contributed by atoms with Crippen LogP contribution in [0, 0.1) is 0 Å². The number of aliphatic imine (C=N–C) groups is 1. The first-order chi connectivity index (χ1) is 14.4. The van der Waals surface area contributed by atoms with Gasteiger partial charge in [-0.15, -0.1) is 24.0 Å². The number of nitrogens with one attached hydrogen (secondary N) is 1. The Kier molecular flexibility index (Phi) is 11.7. The number of aliphatic hydroxyl groups is 1. The summed E-state index contributed by atoms with van der Waals surface area (Å²) in [6.07, 6.45) is 2.07. The van der Waals surface area contributed by atoms with Gasteiger partial charge in [0, 0.05) is 38.9 Å². The number of aryl methyl sites for hydroxylation is 1. The molecule has 1 aromatic carbocycles. The molecule has 0 aliphatic rings. The first-order valence-corrected chi connectivity index (χ1v) is 10.3. The number of rotatable bonds is 10. The number of hydrogen-bond acceptors (Lipinski definition) is 5. The van der Waals surface area contributed by atoms with Crippen molar-refractivity contribution in [2.45, 2.75) is 39.8 Å². The number of guanidine groups is 1. The van der Waals surface area contributed by atoms with Gasteiger partial charge >= 0.3 is 0 Å². The third-order valence-corrected chi connectivity index (χ3v) is 4.58. The fraction of sp³-hybridized carbons (Fsp3) is 0.545. The third-order valence-electron chi connectivity index (χ3n) is 4.58. The average molecular weight is 545 g/mol. The zero-order valence-electron chi connectivity index (χ0n) is 19.4. The SMILES string of the molecule is CCNC(=NCc1ccc(OCCO)c(OC)c1)N(C)Cc1cn(C)nc1C(C)C.I. The quantitative estimate of drug-likeness (QED) is 0.271. The van der Waals surface area contributed by atoms with Crippen molar-refractivity contribution in [3.8, 4) is 11.5 Å². The molecule has 0 fully saturated rings. The van der Waals surface area contributed by atoms with Crippen LogP contribution in [0.15, 0.2) is 29.4 Å². The zero-order chi connectivity index (χ0) is 22.1. The Hall–Kier alpha value is -2.01. The van der Waals surface area contributed by atoms with Gasteiger partial charge in [0.05, 0.1) is 26.0 Å². The van der Waals surface area contributed by atoms with Gasteiger partial charge in [-0.05, 0) is 30.5 Å². The normalized spacial score (nSPS) is 11.3. The predicted molar refractivity (Wildman–Crippen MR) is 135 cm³/mol. The average Bonchev–Trinajstić information content (AvgIpc) is 3.09. The van der Waals surface area contributed by atoms with Crippen molar-refractivity contribution < 1.29 is 14.6 Å². The number of aromatic nitrogens is 2. The van der Waals surface area contributed by atoms with E-state index in [1.54, 1.807) is 7.11 Å². The summed E-state index contributed by atoms with van der Waals surface area (Å²) >= 11 is 0. The minimum atomic E-state index is -0.0387. The highest BCUT2D eigenvalue weighted by Gasteiger charge is 2.15. The van der Waals surface area contributed by atoms with Gasteiger partial charge in [0.1, 0.15) is 6.61 Å². The molecule has 0 amide bonds. The molecule has 174 valence electrons. The minimum Gasteiger partial charge on any atom is -0.493 e. The van der Waals surface area contributed by atoms with Crippen molar-refractivity contribution in [3.05, 3.63) is 41.2 Å². The zero-order valence-corrected chi connectivity index (χ0v) is 21.7. The van der Waals surface area contributed by atoms with E-state index in [9.17, 15) is 0 Å². The highest BCUT2D eigenvalue weighted by molar-refractivity contribution is 14.0. The number of ether oxygens (including phenoxy) is 2. The molecule has 0 bridgehead atoms. The van der Waals surface area contributed by atoms with E-state index in [4.69, 9.17) is 19.6 Å². The molecule has 2 rings (SSSR count). The second kappa shape index (κ2) is 13.4. The monoisotopic (exact) mass is 545 g/mol. The second-order valence-corrected chi connectivity index (χ2v) is 7.45. The van der Waals surface area contributed by atoms with Crippen molar-refractivity contribution in [1.29, 1.82) is 0 Å². The lowest BCUT2D eigenvalue weighted by Crippen LogP contribution is -2.38. The highest BCUT2D eigenvalue weighted by Crippen LogP contribution is 2.28. The molecule has 0 radical (unpaired) electrons. The summed E-state index contributed by atoms with van der Waals surface area (Å²) in [6.45, 7) is 8.59. The van der Waals surface area contributed by atoms with Crippen LogP contribution in [0.3, 0.4) is 0 Å². The van der Waals surface area contributed by atoms with Crippen molar-refractivity contribution in [3.63, 3.8) is 0 Å². The van der Waals surface area contributed by atoms with Gasteiger partial charge < -0.3 is 24.8 Å². The maximum absolute atomic E-state index is 8.95. The maximum atomic E-state index is 8.95. The molecule has 0 unspecified atom stereocenters. The number of benzene rings is 1. The minimum absolute atomic E-state index is 0. The maximum Gasteiger partial charge on any atom is 0.194 e. The molecule has 0 atom stereocenters. The number of halogens is 1. The Morgan fingerprint density at radius 3 is 2.68 bits per heavy atom. The number of nitrogens with zero attached hydrogens (tertiary/aromatic N) is 4. The molecule has 0 aliphatic heterocycles. The van der Waals surface area contributed by atoms with Gasteiger partial charge in [-0.2, -0.15) is 5.10 Å². The lowest BCUT2D eigenvalue weighted by Gasteiger charge is -2.22. The number of aliphatic hydroxyl groups excluding tert-OH is 1. The van der Waals surface area contributed by atoms with E-state index in [1.165, 1.54) is 5.56 Å². The summed E-state index contributed by atoms with van der Waals surface area (Å²) in [5.41, 5.74) is 3.33.